The Morgan fingerprint density at radius 2 is 2.09 bits per heavy atom. The highest BCUT2D eigenvalue weighted by molar-refractivity contribution is 6.04. The van der Waals surface area contributed by atoms with Gasteiger partial charge in [-0.1, -0.05) is 0 Å². The molecule has 8 nitrogen and oxygen atoms in total. The van der Waals surface area contributed by atoms with E-state index < -0.39 is 24.4 Å². The molecule has 0 aliphatic rings. The van der Waals surface area contributed by atoms with Gasteiger partial charge in [-0.15, -0.1) is 0 Å². The summed E-state index contributed by atoms with van der Waals surface area (Å²) in [7, 11) is 1.43. The summed E-state index contributed by atoms with van der Waals surface area (Å²) in [5.74, 6) is -0.938. The molecule has 3 heterocycles. The second-order valence-corrected chi connectivity index (χ2v) is 6.78. The molecule has 0 aliphatic carbocycles. The fourth-order valence-electron chi connectivity index (χ4n) is 3.49. The van der Waals surface area contributed by atoms with Crippen molar-refractivity contribution in [2.24, 2.45) is 0 Å². The normalized spacial score (nSPS) is 11.5. The van der Waals surface area contributed by atoms with Crippen LogP contribution in [0.1, 0.15) is 11.3 Å². The van der Waals surface area contributed by atoms with Crippen LogP contribution in [0, 0.1) is 11.3 Å². The summed E-state index contributed by atoms with van der Waals surface area (Å²) in [5, 5.41) is 22.6. The van der Waals surface area contributed by atoms with Gasteiger partial charge in [-0.25, -0.2) is 4.98 Å². The van der Waals surface area contributed by atoms with Crippen molar-refractivity contribution in [3.63, 3.8) is 0 Å². The van der Waals surface area contributed by atoms with Crippen molar-refractivity contribution >= 4 is 17.0 Å². The maximum Gasteiger partial charge on any atom is 0.435 e. The molecule has 0 fully saturated rings. The zero-order valence-corrected chi connectivity index (χ0v) is 16.4. The second kappa shape index (κ2) is 7.73. The van der Waals surface area contributed by atoms with Gasteiger partial charge >= 0.3 is 12.1 Å². The van der Waals surface area contributed by atoms with E-state index in [4.69, 9.17) is 9.84 Å². The Labute approximate surface area is 178 Å². The standard InChI is InChI=1S/C21H14F3N5O3/c1-32-12-5-4-11(8-25)14(7-12)17-13-3-2-6-26-20(13)27-18(17)15-9-29(10-16(30)31)28-19(15)21(22,23)24/h2-7,9H,10H2,1H3,(H,26,27)(H,30,31). The lowest BCUT2D eigenvalue weighted by atomic mass is 9.95. The van der Waals surface area contributed by atoms with Crippen molar-refractivity contribution in [1.29, 1.82) is 5.26 Å². The molecule has 162 valence electrons. The summed E-state index contributed by atoms with van der Waals surface area (Å²) in [6.45, 7) is -0.750. The number of aliphatic carboxylic acids is 1. The van der Waals surface area contributed by atoms with Gasteiger partial charge in [0.15, 0.2) is 5.69 Å². The first-order chi connectivity index (χ1) is 15.2. The summed E-state index contributed by atoms with van der Waals surface area (Å²) >= 11 is 0. The fourth-order valence-corrected chi connectivity index (χ4v) is 3.49. The number of alkyl halides is 3. The number of hydrogen-bond acceptors (Lipinski definition) is 5. The third kappa shape index (κ3) is 3.62. The summed E-state index contributed by atoms with van der Waals surface area (Å²) in [6.07, 6.45) is -2.37. The molecule has 0 saturated carbocycles. The fraction of sp³-hybridized carbons (Fsp3) is 0.143. The number of aromatic nitrogens is 4. The molecule has 4 aromatic rings. The van der Waals surface area contributed by atoms with Crippen molar-refractivity contribution in [2.45, 2.75) is 12.7 Å². The predicted molar refractivity (Wildman–Crippen MR) is 107 cm³/mol. The van der Waals surface area contributed by atoms with Crippen LogP contribution in [0.5, 0.6) is 5.75 Å². The first kappa shape index (κ1) is 20.9. The highest BCUT2D eigenvalue weighted by Gasteiger charge is 2.39. The average Bonchev–Trinajstić information content (AvgIpc) is 3.34. The molecule has 11 heteroatoms. The third-order valence-corrected chi connectivity index (χ3v) is 4.78. The number of rotatable bonds is 5. The van der Waals surface area contributed by atoms with Crippen LogP contribution in [-0.2, 0) is 17.5 Å². The van der Waals surface area contributed by atoms with Crippen LogP contribution in [0.2, 0.25) is 0 Å². The molecule has 4 rings (SSSR count). The number of ether oxygens (including phenoxy) is 1. The van der Waals surface area contributed by atoms with Crippen molar-refractivity contribution < 1.29 is 27.8 Å². The number of carbonyl (C=O) groups is 1. The number of nitrogens with zero attached hydrogens (tertiary/aromatic N) is 4. The van der Waals surface area contributed by atoms with Gasteiger partial charge < -0.3 is 14.8 Å². The van der Waals surface area contributed by atoms with E-state index in [1.807, 2.05) is 6.07 Å². The number of nitrogens with one attached hydrogen (secondary N) is 1. The molecule has 0 radical (unpaired) electrons. The van der Waals surface area contributed by atoms with Crippen LogP contribution >= 0.6 is 0 Å². The number of carboxylic acids is 1. The number of fused-ring (bicyclic) bond motifs is 1. The van der Waals surface area contributed by atoms with Crippen molar-refractivity contribution in [1.82, 2.24) is 19.7 Å². The summed E-state index contributed by atoms with van der Waals surface area (Å²) in [4.78, 5) is 18.1. The number of halogens is 3. The number of aromatic amines is 1. The maximum atomic E-state index is 13.8. The van der Waals surface area contributed by atoms with E-state index in [1.54, 1.807) is 24.3 Å². The number of methoxy groups -OCH3 is 1. The van der Waals surface area contributed by atoms with E-state index in [2.05, 4.69) is 15.1 Å². The topological polar surface area (TPSA) is 117 Å². The minimum Gasteiger partial charge on any atom is -0.497 e. The first-order valence-electron chi connectivity index (χ1n) is 9.15. The SMILES string of the molecule is COc1ccc(C#N)c(-c2c(-c3cn(CC(=O)O)nc3C(F)(F)F)[nH]c3ncccc23)c1. The molecule has 0 atom stereocenters. The van der Waals surface area contributed by atoms with Gasteiger partial charge in [-0.3, -0.25) is 9.48 Å². The quantitative estimate of drug-likeness (QED) is 0.482. The zero-order valence-electron chi connectivity index (χ0n) is 16.4. The molecule has 3 aromatic heterocycles. The molecule has 1 aromatic carbocycles. The number of H-pyrrole nitrogens is 1. The largest absolute Gasteiger partial charge is 0.497 e. The average molecular weight is 441 g/mol. The number of carboxylic acid groups (broad SMARTS) is 1. The second-order valence-electron chi connectivity index (χ2n) is 6.78. The Hall–Kier alpha value is -4.33. The van der Waals surface area contributed by atoms with Crippen molar-refractivity contribution in [2.75, 3.05) is 7.11 Å². The van der Waals surface area contributed by atoms with Gasteiger partial charge in [0.25, 0.3) is 0 Å². The van der Waals surface area contributed by atoms with Gasteiger partial charge in [-0.05, 0) is 30.3 Å². The summed E-state index contributed by atoms with van der Waals surface area (Å²) < 4.78 is 47.4. The molecule has 0 aliphatic heterocycles. The molecular formula is C21H14F3N5O3. The highest BCUT2D eigenvalue weighted by Crippen LogP contribution is 2.44. The Bertz CT molecular complexity index is 1380. The zero-order chi connectivity index (χ0) is 23.0. The van der Waals surface area contributed by atoms with E-state index in [-0.39, 0.29) is 16.8 Å². The monoisotopic (exact) mass is 441 g/mol. The van der Waals surface area contributed by atoms with Gasteiger partial charge in [0.2, 0.25) is 0 Å². The lowest BCUT2D eigenvalue weighted by Crippen LogP contribution is -2.12. The van der Waals surface area contributed by atoms with Crippen LogP contribution in [0.15, 0.2) is 42.7 Å². The Balaban J connectivity index is 2.08. The number of pyridine rings is 1. The van der Waals surface area contributed by atoms with Crippen molar-refractivity contribution in [3.8, 4) is 34.2 Å². The van der Waals surface area contributed by atoms with E-state index in [0.717, 1.165) is 6.20 Å². The maximum absolute atomic E-state index is 13.8. The molecular weight excluding hydrogens is 427 g/mol. The molecule has 2 N–H and O–H groups in total. The van der Waals surface area contributed by atoms with Crippen molar-refractivity contribution in [3.05, 3.63) is 54.0 Å². The lowest BCUT2D eigenvalue weighted by Gasteiger charge is -2.10. The van der Waals surface area contributed by atoms with E-state index in [0.29, 0.717) is 32.6 Å². The van der Waals surface area contributed by atoms with Gasteiger partial charge in [0.05, 0.1) is 24.4 Å². The summed E-state index contributed by atoms with van der Waals surface area (Å²) in [6, 6.07) is 9.95. The summed E-state index contributed by atoms with van der Waals surface area (Å²) in [5.41, 5.74) is -0.477. The third-order valence-electron chi connectivity index (χ3n) is 4.78. The Morgan fingerprint density at radius 3 is 2.75 bits per heavy atom. The minimum absolute atomic E-state index is 0.00687. The number of nitriles is 1. The van der Waals surface area contributed by atoms with E-state index >= 15 is 0 Å². The molecule has 0 unspecified atom stereocenters. The predicted octanol–water partition coefficient (Wildman–Crippen LogP) is 4.08. The lowest BCUT2D eigenvalue weighted by molar-refractivity contribution is -0.142. The highest BCUT2D eigenvalue weighted by atomic mass is 19.4. The van der Waals surface area contributed by atoms with Crippen LogP contribution in [0.4, 0.5) is 13.2 Å². The molecule has 32 heavy (non-hydrogen) atoms. The van der Waals surface area contributed by atoms with E-state index in [1.165, 1.54) is 19.4 Å². The Morgan fingerprint density at radius 1 is 1.31 bits per heavy atom. The smallest absolute Gasteiger partial charge is 0.435 e. The first-order valence-corrected chi connectivity index (χ1v) is 9.15. The van der Waals surface area contributed by atoms with E-state index in [9.17, 15) is 23.2 Å². The van der Waals surface area contributed by atoms with Gasteiger partial charge in [-0.2, -0.15) is 23.5 Å². The molecule has 0 bridgehead atoms. The molecule has 0 amide bonds. The van der Waals surface area contributed by atoms with Crippen LogP contribution in [0.25, 0.3) is 33.4 Å². The number of hydrogen-bond donors (Lipinski definition) is 2. The van der Waals surface area contributed by atoms with Crippen LogP contribution in [-0.4, -0.2) is 37.9 Å². The molecule has 0 saturated heterocycles. The minimum atomic E-state index is -4.85. The Kier molecular flexibility index (Phi) is 5.06. The molecule has 0 spiro atoms. The van der Waals surface area contributed by atoms with Gasteiger partial charge in [0.1, 0.15) is 17.9 Å². The van der Waals surface area contributed by atoms with Gasteiger partial charge in [0, 0.05) is 34.5 Å². The van der Waals surface area contributed by atoms with Crippen LogP contribution < -0.4 is 4.74 Å². The number of benzene rings is 1. The van der Waals surface area contributed by atoms with Crippen LogP contribution in [0.3, 0.4) is 0 Å².